The Morgan fingerprint density at radius 3 is 2.65 bits per heavy atom. The lowest BCUT2D eigenvalue weighted by atomic mass is 9.74. The standard InChI is InChI=1S/C15H21BrClNO2/c1-20-14-12(16)7-11(17)8-13(14)18-9-15(10-19)5-3-2-4-6-15/h7-8,18-19H,2-6,9-10H2,1H3. The van der Waals surface area contributed by atoms with Gasteiger partial charge in [0.05, 0.1) is 23.9 Å². The molecule has 1 saturated carbocycles. The summed E-state index contributed by atoms with van der Waals surface area (Å²) in [5, 5.41) is 13.8. The summed E-state index contributed by atoms with van der Waals surface area (Å²) in [7, 11) is 1.64. The van der Waals surface area contributed by atoms with E-state index in [0.717, 1.165) is 35.3 Å². The summed E-state index contributed by atoms with van der Waals surface area (Å²) in [6.07, 6.45) is 5.80. The Kier molecular flexibility index (Phi) is 5.58. The molecule has 112 valence electrons. The molecule has 0 unspecified atom stereocenters. The van der Waals surface area contributed by atoms with Gasteiger partial charge >= 0.3 is 0 Å². The van der Waals surface area contributed by atoms with Crippen LogP contribution in [0.25, 0.3) is 0 Å². The Morgan fingerprint density at radius 2 is 2.05 bits per heavy atom. The molecule has 0 spiro atoms. The van der Waals surface area contributed by atoms with Crippen LogP contribution in [0.5, 0.6) is 5.75 Å². The van der Waals surface area contributed by atoms with Crippen LogP contribution in [0.2, 0.25) is 5.02 Å². The van der Waals surface area contributed by atoms with Gasteiger partial charge in [0, 0.05) is 17.0 Å². The number of hydrogen-bond acceptors (Lipinski definition) is 3. The number of methoxy groups -OCH3 is 1. The highest BCUT2D eigenvalue weighted by Gasteiger charge is 2.31. The highest BCUT2D eigenvalue weighted by atomic mass is 79.9. The molecule has 0 heterocycles. The fourth-order valence-electron chi connectivity index (χ4n) is 2.87. The number of hydrogen-bond donors (Lipinski definition) is 2. The van der Waals surface area contributed by atoms with Gasteiger partial charge in [0.25, 0.3) is 0 Å². The van der Waals surface area contributed by atoms with E-state index in [4.69, 9.17) is 16.3 Å². The molecule has 1 fully saturated rings. The van der Waals surface area contributed by atoms with Crippen molar-refractivity contribution in [3.05, 3.63) is 21.6 Å². The van der Waals surface area contributed by atoms with Crippen molar-refractivity contribution in [2.75, 3.05) is 25.6 Å². The fraction of sp³-hybridized carbons (Fsp3) is 0.600. The number of aliphatic hydroxyl groups is 1. The molecule has 1 aromatic rings. The van der Waals surface area contributed by atoms with Crippen molar-refractivity contribution in [1.82, 2.24) is 0 Å². The van der Waals surface area contributed by atoms with Crippen molar-refractivity contribution in [3.63, 3.8) is 0 Å². The molecule has 0 bridgehead atoms. The van der Waals surface area contributed by atoms with Crippen LogP contribution in [-0.4, -0.2) is 25.4 Å². The minimum atomic E-state index is -0.0158. The van der Waals surface area contributed by atoms with Crippen LogP contribution in [0.3, 0.4) is 0 Å². The number of nitrogens with one attached hydrogen (secondary N) is 1. The highest BCUT2D eigenvalue weighted by Crippen LogP contribution is 2.39. The summed E-state index contributed by atoms with van der Waals surface area (Å²) in [5.41, 5.74) is 0.850. The van der Waals surface area contributed by atoms with Gasteiger partial charge in [-0.1, -0.05) is 30.9 Å². The number of anilines is 1. The molecule has 0 aliphatic heterocycles. The lowest BCUT2D eigenvalue weighted by Crippen LogP contribution is -2.35. The van der Waals surface area contributed by atoms with E-state index in [1.165, 1.54) is 19.3 Å². The average Bonchev–Trinajstić information content (AvgIpc) is 2.45. The molecule has 0 aromatic heterocycles. The molecule has 0 radical (unpaired) electrons. The van der Waals surface area contributed by atoms with E-state index >= 15 is 0 Å². The maximum Gasteiger partial charge on any atom is 0.156 e. The van der Waals surface area contributed by atoms with Gasteiger partial charge in [0.15, 0.2) is 5.75 Å². The zero-order valence-corrected chi connectivity index (χ0v) is 14.1. The smallest absolute Gasteiger partial charge is 0.156 e. The second-order valence-corrected chi connectivity index (χ2v) is 6.83. The molecule has 1 aliphatic carbocycles. The second-order valence-electron chi connectivity index (χ2n) is 5.54. The third-order valence-electron chi connectivity index (χ3n) is 4.12. The monoisotopic (exact) mass is 361 g/mol. The summed E-state index contributed by atoms with van der Waals surface area (Å²) in [4.78, 5) is 0. The number of rotatable bonds is 5. The average molecular weight is 363 g/mol. The van der Waals surface area contributed by atoms with Crippen LogP contribution in [0.15, 0.2) is 16.6 Å². The predicted octanol–water partition coefficient (Wildman–Crippen LogP) is 4.47. The summed E-state index contributed by atoms with van der Waals surface area (Å²) in [6.45, 7) is 0.969. The van der Waals surface area contributed by atoms with Gasteiger partial charge in [-0.15, -0.1) is 0 Å². The maximum absolute atomic E-state index is 9.75. The number of aliphatic hydroxyl groups excluding tert-OH is 1. The lowest BCUT2D eigenvalue weighted by molar-refractivity contribution is 0.0943. The van der Waals surface area contributed by atoms with Crippen LogP contribution in [0.1, 0.15) is 32.1 Å². The maximum atomic E-state index is 9.75. The first-order valence-electron chi connectivity index (χ1n) is 6.98. The highest BCUT2D eigenvalue weighted by molar-refractivity contribution is 9.10. The van der Waals surface area contributed by atoms with Crippen LogP contribution in [-0.2, 0) is 0 Å². The van der Waals surface area contributed by atoms with E-state index in [-0.39, 0.29) is 12.0 Å². The van der Waals surface area contributed by atoms with E-state index in [9.17, 15) is 5.11 Å². The van der Waals surface area contributed by atoms with Crippen molar-refractivity contribution in [3.8, 4) is 5.75 Å². The molecule has 0 atom stereocenters. The SMILES string of the molecule is COc1c(Br)cc(Cl)cc1NCC1(CO)CCCCC1. The zero-order chi connectivity index (χ0) is 14.6. The van der Waals surface area contributed by atoms with E-state index in [1.54, 1.807) is 7.11 Å². The normalized spacial score (nSPS) is 17.8. The van der Waals surface area contributed by atoms with E-state index < -0.39 is 0 Å². The van der Waals surface area contributed by atoms with Gasteiger partial charge in [0.2, 0.25) is 0 Å². The molecular weight excluding hydrogens is 342 g/mol. The summed E-state index contributed by atoms with van der Waals surface area (Å²) in [5.74, 6) is 0.748. The molecule has 1 aliphatic rings. The molecular formula is C15H21BrClNO2. The van der Waals surface area contributed by atoms with Crippen molar-refractivity contribution in [1.29, 1.82) is 0 Å². The van der Waals surface area contributed by atoms with Crippen molar-refractivity contribution in [2.45, 2.75) is 32.1 Å². The molecule has 3 nitrogen and oxygen atoms in total. The van der Waals surface area contributed by atoms with Crippen molar-refractivity contribution in [2.24, 2.45) is 5.41 Å². The van der Waals surface area contributed by atoms with Crippen LogP contribution in [0, 0.1) is 5.41 Å². The van der Waals surface area contributed by atoms with Crippen LogP contribution in [0.4, 0.5) is 5.69 Å². The Hall–Kier alpha value is -0.450. The number of ether oxygens (including phenoxy) is 1. The van der Waals surface area contributed by atoms with E-state index in [1.807, 2.05) is 12.1 Å². The predicted molar refractivity (Wildman–Crippen MR) is 86.8 cm³/mol. The van der Waals surface area contributed by atoms with Gasteiger partial charge in [0.1, 0.15) is 0 Å². The van der Waals surface area contributed by atoms with Gasteiger partial charge in [-0.2, -0.15) is 0 Å². The zero-order valence-electron chi connectivity index (χ0n) is 11.7. The minimum Gasteiger partial charge on any atom is -0.493 e. The third kappa shape index (κ3) is 3.60. The quantitative estimate of drug-likeness (QED) is 0.812. The van der Waals surface area contributed by atoms with Crippen molar-refractivity contribution >= 4 is 33.2 Å². The Bertz CT molecular complexity index is 461. The first-order chi connectivity index (χ1) is 9.60. The van der Waals surface area contributed by atoms with Crippen LogP contribution >= 0.6 is 27.5 Å². The minimum absolute atomic E-state index is 0.0158. The molecule has 20 heavy (non-hydrogen) atoms. The Labute approximate surface area is 133 Å². The second kappa shape index (κ2) is 7.01. The first kappa shape index (κ1) is 15.9. The Morgan fingerprint density at radius 1 is 1.35 bits per heavy atom. The third-order valence-corrected chi connectivity index (χ3v) is 4.92. The molecule has 1 aromatic carbocycles. The van der Waals surface area contributed by atoms with Gasteiger partial charge in [-0.05, 0) is 40.9 Å². The van der Waals surface area contributed by atoms with Gasteiger partial charge < -0.3 is 15.2 Å². The molecule has 2 N–H and O–H groups in total. The molecule has 0 saturated heterocycles. The summed E-state index contributed by atoms with van der Waals surface area (Å²) >= 11 is 9.55. The molecule has 5 heteroatoms. The van der Waals surface area contributed by atoms with E-state index in [2.05, 4.69) is 21.2 Å². The van der Waals surface area contributed by atoms with Gasteiger partial charge in [-0.3, -0.25) is 0 Å². The largest absolute Gasteiger partial charge is 0.493 e. The van der Waals surface area contributed by atoms with Gasteiger partial charge in [-0.25, -0.2) is 0 Å². The topological polar surface area (TPSA) is 41.5 Å². The van der Waals surface area contributed by atoms with Crippen LogP contribution < -0.4 is 10.1 Å². The Balaban J connectivity index is 2.13. The van der Waals surface area contributed by atoms with Crippen molar-refractivity contribution < 1.29 is 9.84 Å². The molecule has 0 amide bonds. The summed E-state index contributed by atoms with van der Waals surface area (Å²) in [6, 6.07) is 3.67. The van der Waals surface area contributed by atoms with E-state index in [0.29, 0.717) is 5.02 Å². The fourth-order valence-corrected chi connectivity index (χ4v) is 3.85. The summed E-state index contributed by atoms with van der Waals surface area (Å²) < 4.78 is 6.24. The molecule has 2 rings (SSSR count). The number of halogens is 2. The number of benzene rings is 1. The first-order valence-corrected chi connectivity index (χ1v) is 8.15. The lowest BCUT2D eigenvalue weighted by Gasteiger charge is -2.36.